The first-order chi connectivity index (χ1) is 12.0. The third kappa shape index (κ3) is 4.07. The Morgan fingerprint density at radius 2 is 2.00 bits per heavy atom. The van der Waals surface area contributed by atoms with Crippen molar-refractivity contribution in [1.29, 1.82) is 0 Å². The summed E-state index contributed by atoms with van der Waals surface area (Å²) in [7, 11) is 0. The van der Waals surface area contributed by atoms with Crippen LogP contribution in [0.3, 0.4) is 0 Å². The van der Waals surface area contributed by atoms with Crippen LogP contribution in [0.4, 0.5) is 4.79 Å². The fraction of sp³-hybridized carbons (Fsp3) is 0.529. The third-order valence-corrected chi connectivity index (χ3v) is 4.18. The first-order valence-electron chi connectivity index (χ1n) is 8.71. The van der Waals surface area contributed by atoms with E-state index in [2.05, 4.69) is 20.9 Å². The highest BCUT2D eigenvalue weighted by atomic mass is 16.2. The van der Waals surface area contributed by atoms with E-state index < -0.39 is 0 Å². The number of rotatable bonds is 5. The van der Waals surface area contributed by atoms with Gasteiger partial charge in [0.1, 0.15) is 5.52 Å². The van der Waals surface area contributed by atoms with E-state index in [-0.39, 0.29) is 18.0 Å². The van der Waals surface area contributed by atoms with Gasteiger partial charge in [0.25, 0.3) is 5.91 Å². The van der Waals surface area contributed by atoms with Gasteiger partial charge < -0.3 is 15.5 Å². The van der Waals surface area contributed by atoms with Crippen LogP contribution < -0.4 is 10.6 Å². The van der Waals surface area contributed by atoms with E-state index >= 15 is 0 Å². The molecule has 0 spiro atoms. The standard InChI is InChI=1S/C17H24N6O2/c1-12(2)19-17(25)18-7-10-23-15-6-5-13(11-14(15)20-21-23)16(24)22-8-3-4-9-22/h5-6,11-12H,3-4,7-10H2,1-2H3,(H2,18,19,25). The van der Waals surface area contributed by atoms with Gasteiger partial charge in [-0.3, -0.25) is 4.79 Å². The summed E-state index contributed by atoms with van der Waals surface area (Å²) in [4.78, 5) is 25.9. The van der Waals surface area contributed by atoms with Crippen molar-refractivity contribution in [2.45, 2.75) is 39.3 Å². The number of carbonyl (C=O) groups is 2. The topological polar surface area (TPSA) is 92.1 Å². The summed E-state index contributed by atoms with van der Waals surface area (Å²) in [5.74, 6) is 0.0565. The van der Waals surface area contributed by atoms with Crippen molar-refractivity contribution in [3.05, 3.63) is 23.8 Å². The van der Waals surface area contributed by atoms with Gasteiger partial charge >= 0.3 is 6.03 Å². The number of hydrogen-bond donors (Lipinski definition) is 2. The lowest BCUT2D eigenvalue weighted by atomic mass is 10.1. The SMILES string of the molecule is CC(C)NC(=O)NCCn1nnc2cc(C(=O)N3CCCC3)ccc21. The zero-order chi connectivity index (χ0) is 17.8. The molecule has 8 nitrogen and oxygen atoms in total. The zero-order valence-electron chi connectivity index (χ0n) is 14.7. The van der Waals surface area contributed by atoms with Gasteiger partial charge in [-0.15, -0.1) is 5.10 Å². The van der Waals surface area contributed by atoms with Gasteiger partial charge in [0.2, 0.25) is 0 Å². The van der Waals surface area contributed by atoms with Gasteiger partial charge in [-0.2, -0.15) is 0 Å². The Hall–Kier alpha value is -2.64. The second-order valence-corrected chi connectivity index (χ2v) is 6.57. The fourth-order valence-corrected chi connectivity index (χ4v) is 2.96. The third-order valence-electron chi connectivity index (χ3n) is 4.18. The molecule has 25 heavy (non-hydrogen) atoms. The zero-order valence-corrected chi connectivity index (χ0v) is 14.7. The van der Waals surface area contributed by atoms with Crippen molar-refractivity contribution < 1.29 is 9.59 Å². The molecule has 0 radical (unpaired) electrons. The van der Waals surface area contributed by atoms with Crippen LogP contribution in [0.25, 0.3) is 11.0 Å². The molecular formula is C17H24N6O2. The highest BCUT2D eigenvalue weighted by Crippen LogP contribution is 2.17. The van der Waals surface area contributed by atoms with E-state index in [9.17, 15) is 9.59 Å². The van der Waals surface area contributed by atoms with Crippen molar-refractivity contribution in [3.63, 3.8) is 0 Å². The Morgan fingerprint density at radius 1 is 1.24 bits per heavy atom. The van der Waals surface area contributed by atoms with Crippen molar-refractivity contribution >= 4 is 23.0 Å². The molecule has 134 valence electrons. The molecule has 1 saturated heterocycles. The summed E-state index contributed by atoms with van der Waals surface area (Å²) in [6.45, 7) is 6.44. The molecule has 0 saturated carbocycles. The van der Waals surface area contributed by atoms with Crippen LogP contribution in [0.15, 0.2) is 18.2 Å². The molecule has 2 aromatic rings. The monoisotopic (exact) mass is 344 g/mol. The Labute approximate surface area is 146 Å². The summed E-state index contributed by atoms with van der Waals surface area (Å²) in [6, 6.07) is 5.38. The number of likely N-dealkylation sites (tertiary alicyclic amines) is 1. The molecule has 0 unspecified atom stereocenters. The number of amides is 3. The summed E-state index contributed by atoms with van der Waals surface area (Å²) < 4.78 is 1.73. The molecule has 0 atom stereocenters. The van der Waals surface area contributed by atoms with Crippen LogP contribution in [0, 0.1) is 0 Å². The minimum absolute atomic E-state index is 0.0565. The molecule has 0 bridgehead atoms. The van der Waals surface area contributed by atoms with Crippen molar-refractivity contribution in [2.24, 2.45) is 0 Å². The maximum atomic E-state index is 12.4. The number of aromatic nitrogens is 3. The van der Waals surface area contributed by atoms with E-state index in [4.69, 9.17) is 0 Å². The molecule has 1 fully saturated rings. The summed E-state index contributed by atoms with van der Waals surface area (Å²) in [5.41, 5.74) is 2.19. The summed E-state index contributed by atoms with van der Waals surface area (Å²) in [6.07, 6.45) is 2.14. The van der Waals surface area contributed by atoms with Crippen molar-refractivity contribution in [3.8, 4) is 0 Å². The number of nitrogens with one attached hydrogen (secondary N) is 2. The lowest BCUT2D eigenvalue weighted by Crippen LogP contribution is -2.40. The van der Waals surface area contributed by atoms with Crippen LogP contribution in [-0.4, -0.2) is 57.5 Å². The summed E-state index contributed by atoms with van der Waals surface area (Å²) >= 11 is 0. The van der Waals surface area contributed by atoms with E-state index in [1.54, 1.807) is 10.7 Å². The molecule has 0 aliphatic carbocycles. The van der Waals surface area contributed by atoms with Crippen LogP contribution in [0.1, 0.15) is 37.0 Å². The van der Waals surface area contributed by atoms with E-state index in [0.717, 1.165) is 31.4 Å². The molecular weight excluding hydrogens is 320 g/mol. The molecule has 1 aromatic heterocycles. The van der Waals surface area contributed by atoms with Gasteiger partial charge in [0.05, 0.1) is 12.1 Å². The Balaban J connectivity index is 1.64. The summed E-state index contributed by atoms with van der Waals surface area (Å²) in [5, 5.41) is 13.8. The minimum atomic E-state index is -0.196. The van der Waals surface area contributed by atoms with Gasteiger partial charge in [0, 0.05) is 31.2 Å². The second-order valence-electron chi connectivity index (χ2n) is 6.57. The molecule has 1 aliphatic rings. The van der Waals surface area contributed by atoms with E-state index in [0.29, 0.717) is 24.2 Å². The lowest BCUT2D eigenvalue weighted by molar-refractivity contribution is 0.0793. The average molecular weight is 344 g/mol. The quantitative estimate of drug-likeness (QED) is 0.857. The molecule has 8 heteroatoms. The van der Waals surface area contributed by atoms with Gasteiger partial charge in [-0.25, -0.2) is 9.48 Å². The highest BCUT2D eigenvalue weighted by molar-refractivity contribution is 5.97. The maximum absolute atomic E-state index is 12.4. The predicted molar refractivity (Wildman–Crippen MR) is 94.3 cm³/mol. The van der Waals surface area contributed by atoms with Gasteiger partial charge in [-0.1, -0.05) is 5.21 Å². The fourth-order valence-electron chi connectivity index (χ4n) is 2.96. The highest BCUT2D eigenvalue weighted by Gasteiger charge is 2.20. The number of urea groups is 1. The van der Waals surface area contributed by atoms with Gasteiger partial charge in [-0.05, 0) is 44.9 Å². The number of nitrogens with zero attached hydrogens (tertiary/aromatic N) is 4. The van der Waals surface area contributed by atoms with Gasteiger partial charge in [0.15, 0.2) is 0 Å². The smallest absolute Gasteiger partial charge is 0.315 e. The molecule has 3 rings (SSSR count). The largest absolute Gasteiger partial charge is 0.339 e. The Morgan fingerprint density at radius 3 is 2.72 bits per heavy atom. The first-order valence-corrected chi connectivity index (χ1v) is 8.71. The lowest BCUT2D eigenvalue weighted by Gasteiger charge is -2.15. The molecule has 1 aliphatic heterocycles. The second kappa shape index (κ2) is 7.50. The van der Waals surface area contributed by atoms with E-state index in [1.807, 2.05) is 30.9 Å². The number of carbonyl (C=O) groups excluding carboxylic acids is 2. The normalized spacial score (nSPS) is 14.3. The van der Waals surface area contributed by atoms with Crippen LogP contribution >= 0.6 is 0 Å². The number of fused-ring (bicyclic) bond motifs is 1. The molecule has 1 aromatic carbocycles. The Kier molecular flexibility index (Phi) is 5.16. The molecule has 3 amide bonds. The van der Waals surface area contributed by atoms with Crippen LogP contribution in [0.2, 0.25) is 0 Å². The van der Waals surface area contributed by atoms with Crippen molar-refractivity contribution in [1.82, 2.24) is 30.5 Å². The average Bonchev–Trinajstić information content (AvgIpc) is 3.23. The molecule has 2 heterocycles. The first kappa shape index (κ1) is 17.2. The number of hydrogen-bond acceptors (Lipinski definition) is 4. The minimum Gasteiger partial charge on any atom is -0.339 e. The molecule has 2 N–H and O–H groups in total. The number of benzene rings is 1. The van der Waals surface area contributed by atoms with Crippen LogP contribution in [0.5, 0.6) is 0 Å². The van der Waals surface area contributed by atoms with Crippen LogP contribution in [-0.2, 0) is 6.54 Å². The van der Waals surface area contributed by atoms with E-state index in [1.165, 1.54) is 0 Å². The Bertz CT molecular complexity index is 764. The maximum Gasteiger partial charge on any atom is 0.315 e. The van der Waals surface area contributed by atoms with Crippen molar-refractivity contribution in [2.75, 3.05) is 19.6 Å². The predicted octanol–water partition coefficient (Wildman–Crippen LogP) is 1.37.